The number of benzene rings is 1. The highest BCUT2D eigenvalue weighted by Crippen LogP contribution is 2.29. The summed E-state index contributed by atoms with van der Waals surface area (Å²) in [7, 11) is 1.53. The monoisotopic (exact) mass is 354 g/mol. The molecule has 138 valence electrons. The van der Waals surface area contributed by atoms with Gasteiger partial charge in [-0.05, 0) is 63.1 Å². The van der Waals surface area contributed by atoms with Gasteiger partial charge in [0.05, 0.1) is 11.4 Å². The van der Waals surface area contributed by atoms with Crippen molar-refractivity contribution in [1.29, 1.82) is 0 Å². The van der Waals surface area contributed by atoms with Crippen molar-refractivity contribution in [1.82, 2.24) is 4.98 Å². The Balaban J connectivity index is 2.04. The van der Waals surface area contributed by atoms with Crippen molar-refractivity contribution in [2.45, 2.75) is 34.3 Å². The minimum absolute atomic E-state index is 0.404. The summed E-state index contributed by atoms with van der Waals surface area (Å²) in [6, 6.07) is 7.88. The molecule has 2 rings (SSSR count). The standard InChI is InChI=1S/C21H26N2O3/c1-6-7-10-25-20-11-15(2)21(16(3)12-20)26-14-19-9-8-18(13-22-19)17(4)23-24-5/h6-9,11-13H,10,14H2,1-5H3/b7-6+,23-17?. The van der Waals surface area contributed by atoms with Crippen LogP contribution in [-0.2, 0) is 11.4 Å². The SMILES string of the molecule is C/C=C/COc1cc(C)c(OCc2ccc(C(C)=NOC)cn2)c(C)c1. The van der Waals surface area contributed by atoms with Gasteiger partial charge in [-0.3, -0.25) is 4.98 Å². The van der Waals surface area contributed by atoms with Crippen LogP contribution in [0.3, 0.4) is 0 Å². The molecule has 0 unspecified atom stereocenters. The summed E-state index contributed by atoms with van der Waals surface area (Å²) in [4.78, 5) is 9.21. The number of oxime groups is 1. The van der Waals surface area contributed by atoms with Crippen molar-refractivity contribution in [3.05, 3.63) is 65.0 Å². The molecule has 26 heavy (non-hydrogen) atoms. The number of aromatic nitrogens is 1. The molecule has 2 aromatic rings. The van der Waals surface area contributed by atoms with Crippen molar-refractivity contribution < 1.29 is 14.3 Å². The predicted octanol–water partition coefficient (Wildman–Crippen LogP) is 4.60. The number of pyridine rings is 1. The molecule has 1 aromatic carbocycles. The van der Waals surface area contributed by atoms with Gasteiger partial charge >= 0.3 is 0 Å². The molecule has 0 aliphatic rings. The molecule has 0 fully saturated rings. The molecule has 0 spiro atoms. The average molecular weight is 354 g/mol. The largest absolute Gasteiger partial charge is 0.490 e. The van der Waals surface area contributed by atoms with E-state index in [1.54, 1.807) is 6.20 Å². The summed E-state index contributed by atoms with van der Waals surface area (Å²) in [6.07, 6.45) is 5.72. The molecule has 1 heterocycles. The van der Waals surface area contributed by atoms with Crippen LogP contribution in [0.2, 0.25) is 0 Å². The Morgan fingerprint density at radius 2 is 1.88 bits per heavy atom. The molecule has 0 aliphatic heterocycles. The summed E-state index contributed by atoms with van der Waals surface area (Å²) in [5.41, 5.74) is 4.64. The van der Waals surface area contributed by atoms with Crippen LogP contribution in [0.4, 0.5) is 0 Å². The molecule has 0 amide bonds. The second-order valence-corrected chi connectivity index (χ2v) is 5.95. The van der Waals surface area contributed by atoms with Gasteiger partial charge in [-0.2, -0.15) is 0 Å². The molecule has 0 aliphatic carbocycles. The Hall–Kier alpha value is -2.82. The first-order valence-corrected chi connectivity index (χ1v) is 8.56. The lowest BCUT2D eigenvalue weighted by Gasteiger charge is -2.14. The van der Waals surface area contributed by atoms with Gasteiger partial charge in [0.25, 0.3) is 0 Å². The van der Waals surface area contributed by atoms with E-state index in [1.165, 1.54) is 7.11 Å². The maximum absolute atomic E-state index is 6.00. The maximum Gasteiger partial charge on any atom is 0.130 e. The van der Waals surface area contributed by atoms with E-state index in [0.29, 0.717) is 13.2 Å². The first-order valence-electron chi connectivity index (χ1n) is 8.56. The number of ether oxygens (including phenoxy) is 2. The van der Waals surface area contributed by atoms with E-state index in [0.717, 1.165) is 39.6 Å². The number of hydrogen-bond acceptors (Lipinski definition) is 5. The van der Waals surface area contributed by atoms with E-state index >= 15 is 0 Å². The molecular formula is C21H26N2O3. The van der Waals surface area contributed by atoms with Gasteiger partial charge in [0.15, 0.2) is 0 Å². The highest BCUT2D eigenvalue weighted by Gasteiger charge is 2.08. The molecular weight excluding hydrogens is 328 g/mol. The van der Waals surface area contributed by atoms with E-state index < -0.39 is 0 Å². The van der Waals surface area contributed by atoms with Gasteiger partial charge in [-0.25, -0.2) is 0 Å². The molecule has 5 heteroatoms. The van der Waals surface area contributed by atoms with Gasteiger partial charge in [0.1, 0.15) is 31.8 Å². The average Bonchev–Trinajstić information content (AvgIpc) is 2.62. The first-order chi connectivity index (χ1) is 12.5. The molecule has 5 nitrogen and oxygen atoms in total. The predicted molar refractivity (Wildman–Crippen MR) is 104 cm³/mol. The third-order valence-electron chi connectivity index (χ3n) is 3.85. The Morgan fingerprint density at radius 1 is 1.15 bits per heavy atom. The summed E-state index contributed by atoms with van der Waals surface area (Å²) in [6.45, 7) is 8.86. The van der Waals surface area contributed by atoms with Crippen LogP contribution in [0.15, 0.2) is 47.8 Å². The van der Waals surface area contributed by atoms with Crippen LogP contribution in [-0.4, -0.2) is 24.4 Å². The molecule has 0 saturated carbocycles. The normalized spacial score (nSPS) is 11.7. The topological polar surface area (TPSA) is 52.9 Å². The smallest absolute Gasteiger partial charge is 0.130 e. The second-order valence-electron chi connectivity index (χ2n) is 5.95. The fourth-order valence-electron chi connectivity index (χ4n) is 2.52. The van der Waals surface area contributed by atoms with Crippen LogP contribution >= 0.6 is 0 Å². The number of hydrogen-bond donors (Lipinski definition) is 0. The first kappa shape index (κ1) is 19.5. The Morgan fingerprint density at radius 3 is 2.46 bits per heavy atom. The van der Waals surface area contributed by atoms with Crippen molar-refractivity contribution in [2.75, 3.05) is 13.7 Å². The quantitative estimate of drug-likeness (QED) is 0.395. The lowest BCUT2D eigenvalue weighted by molar-refractivity contribution is 0.213. The number of nitrogens with zero attached hydrogens (tertiary/aromatic N) is 2. The van der Waals surface area contributed by atoms with Gasteiger partial charge in [-0.1, -0.05) is 17.3 Å². The van der Waals surface area contributed by atoms with Gasteiger partial charge in [0, 0.05) is 11.8 Å². The number of allylic oxidation sites excluding steroid dienone is 1. The van der Waals surface area contributed by atoms with Crippen LogP contribution < -0.4 is 9.47 Å². The van der Waals surface area contributed by atoms with Crippen molar-refractivity contribution in [3.63, 3.8) is 0 Å². The zero-order valence-electron chi connectivity index (χ0n) is 16.1. The van der Waals surface area contributed by atoms with Crippen LogP contribution in [0, 0.1) is 13.8 Å². The van der Waals surface area contributed by atoms with Gasteiger partial charge in [-0.15, -0.1) is 0 Å². The van der Waals surface area contributed by atoms with Gasteiger partial charge in [0.2, 0.25) is 0 Å². The molecule has 1 aromatic heterocycles. The zero-order chi connectivity index (χ0) is 18.9. The van der Waals surface area contributed by atoms with Crippen LogP contribution in [0.25, 0.3) is 0 Å². The summed E-state index contributed by atoms with van der Waals surface area (Å²) >= 11 is 0. The lowest BCUT2D eigenvalue weighted by Crippen LogP contribution is -2.03. The van der Waals surface area contributed by atoms with Crippen molar-refractivity contribution in [3.8, 4) is 11.5 Å². The van der Waals surface area contributed by atoms with E-state index in [2.05, 4.69) is 10.1 Å². The minimum atomic E-state index is 0.404. The molecule has 0 atom stereocenters. The molecule has 0 radical (unpaired) electrons. The third kappa shape index (κ3) is 5.34. The lowest BCUT2D eigenvalue weighted by atomic mass is 10.1. The second kappa shape index (κ2) is 9.61. The highest BCUT2D eigenvalue weighted by molar-refractivity contribution is 5.97. The summed E-state index contributed by atoms with van der Waals surface area (Å²) in [5.74, 6) is 1.72. The highest BCUT2D eigenvalue weighted by atomic mass is 16.6. The summed E-state index contributed by atoms with van der Waals surface area (Å²) in [5, 5.41) is 3.91. The van der Waals surface area contributed by atoms with Gasteiger partial charge < -0.3 is 14.3 Å². The third-order valence-corrected chi connectivity index (χ3v) is 3.85. The van der Waals surface area contributed by atoms with Crippen molar-refractivity contribution in [2.24, 2.45) is 5.16 Å². The number of rotatable bonds is 8. The Labute approximate surface area is 155 Å². The van der Waals surface area contributed by atoms with Crippen LogP contribution in [0.5, 0.6) is 11.5 Å². The maximum atomic E-state index is 6.00. The zero-order valence-corrected chi connectivity index (χ0v) is 16.1. The van der Waals surface area contributed by atoms with E-state index in [1.807, 2.05) is 64.1 Å². The minimum Gasteiger partial charge on any atom is -0.490 e. The Bertz CT molecular complexity index is 757. The molecule has 0 saturated heterocycles. The summed E-state index contributed by atoms with van der Waals surface area (Å²) < 4.78 is 11.7. The molecule has 0 N–H and O–H groups in total. The van der Waals surface area contributed by atoms with E-state index in [-0.39, 0.29) is 0 Å². The van der Waals surface area contributed by atoms with Crippen LogP contribution in [0.1, 0.15) is 36.2 Å². The fraction of sp³-hybridized carbons (Fsp3) is 0.333. The van der Waals surface area contributed by atoms with E-state index in [4.69, 9.17) is 14.3 Å². The fourth-order valence-corrected chi connectivity index (χ4v) is 2.52. The van der Waals surface area contributed by atoms with E-state index in [9.17, 15) is 0 Å². The Kier molecular flexibility index (Phi) is 7.21. The molecule has 0 bridgehead atoms. The number of aryl methyl sites for hydroxylation is 2. The van der Waals surface area contributed by atoms with Crippen molar-refractivity contribution >= 4 is 5.71 Å².